The molecule has 2 aromatic carbocycles. The minimum absolute atomic E-state index is 0.687. The van der Waals surface area contributed by atoms with Crippen molar-refractivity contribution < 1.29 is 0 Å². The molecular formula is C15H11ClN2S. The number of rotatable bonds is 3. The number of aromatic nitrogens is 2. The molecule has 0 amide bonds. The van der Waals surface area contributed by atoms with Crippen LogP contribution in [0.25, 0.3) is 11.0 Å². The maximum Gasteiger partial charge on any atom is 0.115 e. The van der Waals surface area contributed by atoms with Crippen LogP contribution in [0, 0.1) is 0 Å². The van der Waals surface area contributed by atoms with Crippen molar-refractivity contribution in [3.05, 3.63) is 65.3 Å². The predicted octanol–water partition coefficient (Wildman–Crippen LogP) is 4.58. The lowest BCUT2D eigenvalue weighted by Gasteiger charge is -2.03. The second-order valence-electron chi connectivity index (χ2n) is 4.12. The highest BCUT2D eigenvalue weighted by molar-refractivity contribution is 7.98. The summed E-state index contributed by atoms with van der Waals surface area (Å²) in [5.41, 5.74) is 2.99. The zero-order valence-electron chi connectivity index (χ0n) is 10.1. The molecule has 0 atom stereocenters. The Bertz CT molecular complexity index is 701. The van der Waals surface area contributed by atoms with Gasteiger partial charge in [0.15, 0.2) is 0 Å². The van der Waals surface area contributed by atoms with Crippen molar-refractivity contribution in [2.24, 2.45) is 0 Å². The molecule has 0 saturated heterocycles. The van der Waals surface area contributed by atoms with Crippen LogP contribution in [-0.4, -0.2) is 9.97 Å². The van der Waals surface area contributed by atoms with Gasteiger partial charge in [0, 0.05) is 10.8 Å². The minimum atomic E-state index is 0.687. The summed E-state index contributed by atoms with van der Waals surface area (Å²) in [5, 5.41) is 1.60. The summed E-state index contributed by atoms with van der Waals surface area (Å²) in [4.78, 5) is 8.96. The summed E-state index contributed by atoms with van der Waals surface area (Å²) in [6.07, 6.45) is 1.81. The third kappa shape index (κ3) is 3.06. The number of hydrogen-bond donors (Lipinski definition) is 0. The lowest BCUT2D eigenvalue weighted by atomic mass is 10.2. The van der Waals surface area contributed by atoms with Crippen LogP contribution >= 0.6 is 23.4 Å². The van der Waals surface area contributed by atoms with E-state index >= 15 is 0 Å². The third-order valence-corrected chi connectivity index (χ3v) is 3.92. The highest BCUT2D eigenvalue weighted by Crippen LogP contribution is 2.23. The number of thioether (sulfide) groups is 1. The molecule has 2 nitrogen and oxygen atoms in total. The molecule has 0 fully saturated rings. The van der Waals surface area contributed by atoms with Crippen LogP contribution in [0.15, 0.2) is 59.8 Å². The molecule has 0 spiro atoms. The molecule has 3 rings (SSSR count). The minimum Gasteiger partial charge on any atom is -0.252 e. The summed E-state index contributed by atoms with van der Waals surface area (Å²) >= 11 is 7.65. The molecule has 0 aliphatic rings. The molecular weight excluding hydrogens is 276 g/mol. The van der Waals surface area contributed by atoms with Gasteiger partial charge in [-0.15, -0.1) is 11.8 Å². The second-order valence-corrected chi connectivity index (χ2v) is 5.55. The molecule has 0 N–H and O–H groups in total. The van der Waals surface area contributed by atoms with Crippen molar-refractivity contribution in [2.45, 2.75) is 10.8 Å². The Hall–Kier alpha value is -1.58. The zero-order chi connectivity index (χ0) is 13.1. The lowest BCUT2D eigenvalue weighted by molar-refractivity contribution is 1.12. The molecule has 94 valence electrons. The maximum atomic E-state index is 5.97. The number of fused-ring (bicyclic) bond motifs is 1. The van der Waals surface area contributed by atoms with Crippen LogP contribution in [0.3, 0.4) is 0 Å². The zero-order valence-corrected chi connectivity index (χ0v) is 11.7. The first-order valence-corrected chi connectivity index (χ1v) is 7.27. The lowest BCUT2D eigenvalue weighted by Crippen LogP contribution is -1.87. The molecule has 4 heteroatoms. The predicted molar refractivity (Wildman–Crippen MR) is 80.6 cm³/mol. The average Bonchev–Trinajstić information content (AvgIpc) is 2.46. The van der Waals surface area contributed by atoms with Crippen LogP contribution in [0.2, 0.25) is 5.02 Å². The van der Waals surface area contributed by atoms with E-state index in [0.29, 0.717) is 5.02 Å². The highest BCUT2D eigenvalue weighted by atomic mass is 35.5. The summed E-state index contributed by atoms with van der Waals surface area (Å²) in [6.45, 7) is 0. The summed E-state index contributed by atoms with van der Waals surface area (Å²) in [6, 6.07) is 15.9. The standard InChI is InChI=1S/C15H11ClN2S/c16-12-6-7-13-14(8-12)18-15(9-17-13)19-10-11-4-2-1-3-5-11/h1-9H,10H2. The number of hydrogen-bond acceptors (Lipinski definition) is 3. The van der Waals surface area contributed by atoms with E-state index < -0.39 is 0 Å². The first-order chi connectivity index (χ1) is 9.31. The van der Waals surface area contributed by atoms with Gasteiger partial charge in [-0.1, -0.05) is 41.9 Å². The molecule has 0 aliphatic carbocycles. The van der Waals surface area contributed by atoms with E-state index in [1.807, 2.05) is 42.6 Å². The fourth-order valence-electron chi connectivity index (χ4n) is 1.77. The normalized spacial score (nSPS) is 10.8. The fourth-order valence-corrected chi connectivity index (χ4v) is 2.73. The Morgan fingerprint density at radius 1 is 1.00 bits per heavy atom. The van der Waals surface area contributed by atoms with Gasteiger partial charge >= 0.3 is 0 Å². The molecule has 0 radical (unpaired) electrons. The molecule has 1 aromatic heterocycles. The van der Waals surface area contributed by atoms with Gasteiger partial charge in [0.2, 0.25) is 0 Å². The summed E-state index contributed by atoms with van der Waals surface area (Å²) in [7, 11) is 0. The smallest absolute Gasteiger partial charge is 0.115 e. The summed E-state index contributed by atoms with van der Waals surface area (Å²) in [5.74, 6) is 0.890. The van der Waals surface area contributed by atoms with Gasteiger partial charge in [0.05, 0.1) is 17.2 Å². The molecule has 0 aliphatic heterocycles. The van der Waals surface area contributed by atoms with Gasteiger partial charge in [-0.05, 0) is 23.8 Å². The molecule has 19 heavy (non-hydrogen) atoms. The van der Waals surface area contributed by atoms with Gasteiger partial charge in [0.1, 0.15) is 5.03 Å². The van der Waals surface area contributed by atoms with Crippen molar-refractivity contribution in [2.75, 3.05) is 0 Å². The molecule has 0 bridgehead atoms. The van der Waals surface area contributed by atoms with Gasteiger partial charge in [-0.2, -0.15) is 0 Å². The Morgan fingerprint density at radius 3 is 2.68 bits per heavy atom. The molecule has 0 unspecified atom stereocenters. The van der Waals surface area contributed by atoms with Crippen molar-refractivity contribution in [1.82, 2.24) is 9.97 Å². The monoisotopic (exact) mass is 286 g/mol. The van der Waals surface area contributed by atoms with E-state index in [1.165, 1.54) is 5.56 Å². The van der Waals surface area contributed by atoms with E-state index in [4.69, 9.17) is 11.6 Å². The Morgan fingerprint density at radius 2 is 1.84 bits per heavy atom. The van der Waals surface area contributed by atoms with E-state index in [2.05, 4.69) is 22.1 Å². The number of halogens is 1. The van der Waals surface area contributed by atoms with Crippen molar-refractivity contribution >= 4 is 34.4 Å². The Labute approximate surface area is 120 Å². The van der Waals surface area contributed by atoms with E-state index in [9.17, 15) is 0 Å². The van der Waals surface area contributed by atoms with Crippen molar-refractivity contribution in [1.29, 1.82) is 0 Å². The van der Waals surface area contributed by atoms with Crippen molar-refractivity contribution in [3.8, 4) is 0 Å². The summed E-state index contributed by atoms with van der Waals surface area (Å²) < 4.78 is 0. The van der Waals surface area contributed by atoms with Gasteiger partial charge in [0.25, 0.3) is 0 Å². The van der Waals surface area contributed by atoms with Gasteiger partial charge in [-0.3, -0.25) is 4.98 Å². The molecule has 3 aromatic rings. The van der Waals surface area contributed by atoms with Gasteiger partial charge < -0.3 is 0 Å². The van der Waals surface area contributed by atoms with E-state index in [0.717, 1.165) is 21.8 Å². The largest absolute Gasteiger partial charge is 0.252 e. The van der Waals surface area contributed by atoms with Crippen LogP contribution in [0.4, 0.5) is 0 Å². The van der Waals surface area contributed by atoms with Crippen LogP contribution in [0.1, 0.15) is 5.56 Å². The Balaban J connectivity index is 1.81. The number of nitrogens with zero attached hydrogens (tertiary/aromatic N) is 2. The first-order valence-electron chi connectivity index (χ1n) is 5.90. The number of benzene rings is 2. The van der Waals surface area contributed by atoms with Crippen molar-refractivity contribution in [3.63, 3.8) is 0 Å². The van der Waals surface area contributed by atoms with Crippen LogP contribution in [-0.2, 0) is 5.75 Å². The average molecular weight is 287 g/mol. The van der Waals surface area contributed by atoms with E-state index in [-0.39, 0.29) is 0 Å². The van der Waals surface area contributed by atoms with Crippen LogP contribution in [0.5, 0.6) is 0 Å². The third-order valence-electron chi connectivity index (χ3n) is 2.71. The fraction of sp³-hybridized carbons (Fsp3) is 0.0667. The topological polar surface area (TPSA) is 25.8 Å². The quantitative estimate of drug-likeness (QED) is 0.659. The second kappa shape index (κ2) is 5.59. The highest BCUT2D eigenvalue weighted by Gasteiger charge is 2.02. The van der Waals surface area contributed by atoms with Crippen LogP contribution < -0.4 is 0 Å². The van der Waals surface area contributed by atoms with E-state index in [1.54, 1.807) is 11.8 Å². The molecule has 0 saturated carbocycles. The maximum absolute atomic E-state index is 5.97. The van der Waals surface area contributed by atoms with Gasteiger partial charge in [-0.25, -0.2) is 4.98 Å². The SMILES string of the molecule is Clc1ccc2ncc(SCc3ccccc3)nc2c1. The Kier molecular flexibility index (Phi) is 3.67. The molecule has 1 heterocycles. The first kappa shape index (κ1) is 12.5.